The highest BCUT2D eigenvalue weighted by molar-refractivity contribution is 5.85. The first-order valence-electron chi connectivity index (χ1n) is 13.2. The summed E-state index contributed by atoms with van der Waals surface area (Å²) in [6, 6.07) is 15.3. The van der Waals surface area contributed by atoms with Gasteiger partial charge in [-0.1, -0.05) is 24.6 Å². The molecule has 2 aromatic heterocycles. The zero-order valence-electron chi connectivity index (χ0n) is 20.1. The van der Waals surface area contributed by atoms with Crippen LogP contribution in [0.1, 0.15) is 80.9 Å². The zero-order valence-corrected chi connectivity index (χ0v) is 20.9. The molecule has 0 radical (unpaired) electrons. The lowest BCUT2D eigenvalue weighted by atomic mass is 9.88. The van der Waals surface area contributed by atoms with E-state index in [-0.39, 0.29) is 12.4 Å². The molecule has 3 aliphatic rings. The topological polar surface area (TPSA) is 55.9 Å². The minimum Gasteiger partial charge on any atom is -0.344 e. The molecule has 3 saturated carbocycles. The SMILES string of the molecule is Cl.NC1CCC(NCCC(c2ccncc2)c2cn(C3C[C@@H]4CC[C@@H]3C4)c3ccccc23)CC1. The number of pyridine rings is 1. The van der Waals surface area contributed by atoms with Gasteiger partial charge in [-0.2, -0.15) is 0 Å². The van der Waals surface area contributed by atoms with Gasteiger partial charge in [0, 0.05) is 53.5 Å². The van der Waals surface area contributed by atoms with Crippen LogP contribution in [-0.2, 0) is 0 Å². The highest BCUT2D eigenvalue weighted by Gasteiger charge is 2.41. The highest BCUT2D eigenvalue weighted by atomic mass is 35.5. The number of fused-ring (bicyclic) bond motifs is 3. The van der Waals surface area contributed by atoms with Crippen molar-refractivity contribution >= 4 is 23.3 Å². The smallest absolute Gasteiger partial charge is 0.0486 e. The van der Waals surface area contributed by atoms with Crippen LogP contribution in [0.25, 0.3) is 10.9 Å². The zero-order chi connectivity index (χ0) is 22.2. The molecule has 6 rings (SSSR count). The molecule has 3 N–H and O–H groups in total. The van der Waals surface area contributed by atoms with Gasteiger partial charge in [0.1, 0.15) is 0 Å². The third kappa shape index (κ3) is 4.65. The van der Waals surface area contributed by atoms with E-state index in [2.05, 4.69) is 57.5 Å². The molecular weight excluding hydrogens is 440 g/mol. The molecular formula is C29H39ClN4. The molecule has 4 nitrogen and oxygen atoms in total. The summed E-state index contributed by atoms with van der Waals surface area (Å²) in [5, 5.41) is 5.30. The van der Waals surface area contributed by atoms with Gasteiger partial charge in [0.25, 0.3) is 0 Å². The molecule has 182 valence electrons. The van der Waals surface area contributed by atoms with Gasteiger partial charge in [0.05, 0.1) is 0 Å². The van der Waals surface area contributed by atoms with Crippen molar-refractivity contribution in [2.45, 2.75) is 81.8 Å². The third-order valence-electron chi connectivity index (χ3n) is 8.95. The number of para-hydroxylation sites is 1. The first-order chi connectivity index (χ1) is 16.3. The summed E-state index contributed by atoms with van der Waals surface area (Å²) < 4.78 is 2.67. The Morgan fingerprint density at radius 3 is 2.50 bits per heavy atom. The van der Waals surface area contributed by atoms with Crippen LogP contribution in [-0.4, -0.2) is 28.2 Å². The Hall–Kier alpha value is -1.88. The van der Waals surface area contributed by atoms with Crippen molar-refractivity contribution in [1.29, 1.82) is 0 Å². The summed E-state index contributed by atoms with van der Waals surface area (Å²) in [5.74, 6) is 2.21. The van der Waals surface area contributed by atoms with Gasteiger partial charge in [0.15, 0.2) is 0 Å². The molecule has 2 heterocycles. The van der Waals surface area contributed by atoms with E-state index in [1.165, 1.54) is 60.6 Å². The fourth-order valence-corrected chi connectivity index (χ4v) is 7.19. The Labute approximate surface area is 210 Å². The monoisotopic (exact) mass is 478 g/mol. The van der Waals surface area contributed by atoms with E-state index >= 15 is 0 Å². The minimum absolute atomic E-state index is 0. The molecule has 34 heavy (non-hydrogen) atoms. The predicted octanol–water partition coefficient (Wildman–Crippen LogP) is 6.20. The van der Waals surface area contributed by atoms with Crippen molar-refractivity contribution in [3.63, 3.8) is 0 Å². The standard InChI is InChI=1S/C29H38N4.ClH/c30-23-7-9-24(10-8-23)32-16-13-25(21-11-14-31-15-12-21)27-19-33(28-4-2-1-3-26(27)28)29-18-20-5-6-22(29)17-20;/h1-4,11-12,14-15,19-20,22-25,29,32H,5-10,13,16-18,30H2;1H/t20-,22-,23?,24?,25?,29?;/m1./s1. The molecule has 0 amide bonds. The average Bonchev–Trinajstić information content (AvgIpc) is 3.58. The second-order valence-corrected chi connectivity index (χ2v) is 10.9. The van der Waals surface area contributed by atoms with Crippen molar-refractivity contribution in [3.05, 3.63) is 66.1 Å². The quantitative estimate of drug-likeness (QED) is 0.425. The predicted molar refractivity (Wildman–Crippen MR) is 143 cm³/mol. The molecule has 0 aliphatic heterocycles. The molecule has 0 spiro atoms. The number of nitrogens with two attached hydrogens (primary N) is 1. The summed E-state index contributed by atoms with van der Waals surface area (Å²) in [7, 11) is 0. The number of nitrogens with one attached hydrogen (secondary N) is 1. The number of aromatic nitrogens is 2. The lowest BCUT2D eigenvalue weighted by Gasteiger charge is -2.28. The molecule has 2 unspecified atom stereocenters. The van der Waals surface area contributed by atoms with Crippen LogP contribution in [0.3, 0.4) is 0 Å². The van der Waals surface area contributed by atoms with Gasteiger partial charge in [-0.05, 0) is 99.1 Å². The van der Waals surface area contributed by atoms with Crippen molar-refractivity contribution in [2.75, 3.05) is 6.54 Å². The van der Waals surface area contributed by atoms with Crippen LogP contribution in [0.2, 0.25) is 0 Å². The van der Waals surface area contributed by atoms with Crippen LogP contribution in [0, 0.1) is 11.8 Å². The van der Waals surface area contributed by atoms with Crippen molar-refractivity contribution < 1.29 is 0 Å². The maximum atomic E-state index is 6.12. The van der Waals surface area contributed by atoms with E-state index in [4.69, 9.17) is 5.73 Å². The Kier molecular flexibility index (Phi) is 7.29. The van der Waals surface area contributed by atoms with E-state index in [0.29, 0.717) is 24.0 Å². The normalized spacial score (nSPS) is 29.3. The van der Waals surface area contributed by atoms with E-state index in [9.17, 15) is 0 Å². The van der Waals surface area contributed by atoms with Gasteiger partial charge in [-0.3, -0.25) is 4.98 Å². The number of benzene rings is 1. The minimum atomic E-state index is 0. The maximum Gasteiger partial charge on any atom is 0.0486 e. The largest absolute Gasteiger partial charge is 0.344 e. The van der Waals surface area contributed by atoms with Gasteiger partial charge in [-0.15, -0.1) is 12.4 Å². The Bertz CT molecular complexity index is 1070. The number of rotatable bonds is 7. The second-order valence-electron chi connectivity index (χ2n) is 10.9. The second kappa shape index (κ2) is 10.4. The van der Waals surface area contributed by atoms with E-state index < -0.39 is 0 Å². The summed E-state index contributed by atoms with van der Waals surface area (Å²) in [6.45, 7) is 1.04. The highest BCUT2D eigenvalue weighted by Crippen LogP contribution is 2.52. The Balaban J connectivity index is 0.00000241. The average molecular weight is 479 g/mol. The molecule has 5 heteroatoms. The molecule has 0 saturated heterocycles. The van der Waals surface area contributed by atoms with Crippen LogP contribution < -0.4 is 11.1 Å². The summed E-state index contributed by atoms with van der Waals surface area (Å²) in [5.41, 5.74) is 10.4. The van der Waals surface area contributed by atoms with Crippen LogP contribution in [0.5, 0.6) is 0 Å². The molecule has 2 bridgehead atoms. The lowest BCUT2D eigenvalue weighted by molar-refractivity contribution is 0.336. The summed E-state index contributed by atoms with van der Waals surface area (Å²) in [6.07, 6.45) is 18.0. The van der Waals surface area contributed by atoms with Gasteiger partial charge in [-0.25, -0.2) is 0 Å². The van der Waals surface area contributed by atoms with E-state index in [1.54, 1.807) is 0 Å². The van der Waals surface area contributed by atoms with E-state index in [0.717, 1.165) is 37.6 Å². The first-order valence-corrected chi connectivity index (χ1v) is 13.2. The fourth-order valence-electron chi connectivity index (χ4n) is 7.19. The summed E-state index contributed by atoms with van der Waals surface area (Å²) in [4.78, 5) is 4.31. The van der Waals surface area contributed by atoms with Gasteiger partial charge >= 0.3 is 0 Å². The molecule has 3 fully saturated rings. The first kappa shape index (κ1) is 23.8. The lowest BCUT2D eigenvalue weighted by Crippen LogP contribution is -2.38. The fraction of sp³-hybridized carbons (Fsp3) is 0.552. The molecule has 4 atom stereocenters. The number of hydrogen-bond acceptors (Lipinski definition) is 3. The number of halogens is 1. The summed E-state index contributed by atoms with van der Waals surface area (Å²) >= 11 is 0. The Morgan fingerprint density at radius 1 is 0.971 bits per heavy atom. The van der Waals surface area contributed by atoms with E-state index in [1.807, 2.05) is 12.4 Å². The molecule has 1 aromatic carbocycles. The van der Waals surface area contributed by atoms with Crippen molar-refractivity contribution in [2.24, 2.45) is 17.6 Å². The van der Waals surface area contributed by atoms with Crippen molar-refractivity contribution in [1.82, 2.24) is 14.9 Å². The van der Waals surface area contributed by atoms with Crippen LogP contribution >= 0.6 is 12.4 Å². The van der Waals surface area contributed by atoms with Crippen LogP contribution in [0.4, 0.5) is 0 Å². The van der Waals surface area contributed by atoms with Gasteiger partial charge in [0.2, 0.25) is 0 Å². The third-order valence-corrected chi connectivity index (χ3v) is 8.95. The Morgan fingerprint density at radius 2 is 1.76 bits per heavy atom. The van der Waals surface area contributed by atoms with Gasteiger partial charge < -0.3 is 15.6 Å². The maximum absolute atomic E-state index is 6.12. The molecule has 3 aliphatic carbocycles. The van der Waals surface area contributed by atoms with Crippen molar-refractivity contribution in [3.8, 4) is 0 Å². The number of nitrogens with zero attached hydrogens (tertiary/aromatic N) is 2. The van der Waals surface area contributed by atoms with Crippen LogP contribution in [0.15, 0.2) is 55.0 Å². The number of hydrogen-bond donors (Lipinski definition) is 2. The molecule has 3 aromatic rings.